The van der Waals surface area contributed by atoms with Gasteiger partial charge in [-0.1, -0.05) is 51.6 Å². The van der Waals surface area contributed by atoms with Crippen LogP contribution in [0.1, 0.15) is 47.5 Å². The number of oxime groups is 1. The fourth-order valence-corrected chi connectivity index (χ4v) is 6.62. The van der Waals surface area contributed by atoms with Gasteiger partial charge < -0.3 is 19.2 Å². The van der Waals surface area contributed by atoms with Crippen LogP contribution in [-0.4, -0.2) is 53.3 Å². The molecule has 200 valence electrons. The Morgan fingerprint density at radius 1 is 1.13 bits per heavy atom. The molecule has 8 nitrogen and oxygen atoms in total. The zero-order chi connectivity index (χ0) is 26.8. The molecule has 1 atom stereocenters. The molecule has 1 saturated heterocycles. The number of likely N-dealkylation sites (tertiary alicyclic amines) is 1. The summed E-state index contributed by atoms with van der Waals surface area (Å²) in [5.41, 5.74) is 2.19. The summed E-state index contributed by atoms with van der Waals surface area (Å²) in [6, 6.07) is 4.87. The van der Waals surface area contributed by atoms with Crippen LogP contribution in [0.15, 0.2) is 34.9 Å². The quantitative estimate of drug-likeness (QED) is 0.290. The molecule has 0 radical (unpaired) electrons. The first-order valence-corrected chi connectivity index (χ1v) is 14.1. The third-order valence-corrected chi connectivity index (χ3v) is 8.44. The molecule has 2 aliphatic heterocycles. The molecular weight excluding hydrogens is 594 g/mol. The molecule has 3 aromatic rings. The molecule has 13 heteroatoms. The molecule has 1 aromatic carbocycles. The van der Waals surface area contributed by atoms with E-state index in [9.17, 15) is 4.79 Å². The van der Waals surface area contributed by atoms with Crippen LogP contribution in [0.2, 0.25) is 20.1 Å². The molecule has 5 rings (SSSR count). The summed E-state index contributed by atoms with van der Waals surface area (Å²) < 4.78 is 10.8. The second-order valence-corrected chi connectivity index (χ2v) is 11.4. The summed E-state index contributed by atoms with van der Waals surface area (Å²) in [5.74, 6) is 0.768. The second kappa shape index (κ2) is 11.8. The van der Waals surface area contributed by atoms with E-state index in [2.05, 4.69) is 10.1 Å². The Kier molecular flexibility index (Phi) is 8.50. The number of pyridine rings is 1. The van der Waals surface area contributed by atoms with Crippen molar-refractivity contribution in [2.45, 2.75) is 31.3 Å². The monoisotopic (exact) mass is 614 g/mol. The highest BCUT2D eigenvalue weighted by molar-refractivity contribution is 7.10. The molecule has 38 heavy (non-hydrogen) atoms. The highest BCUT2D eigenvalue weighted by Gasteiger charge is 2.31. The molecule has 0 N–H and O–H groups in total. The number of hydrogen-bond donors (Lipinski definition) is 0. The van der Waals surface area contributed by atoms with Gasteiger partial charge in [-0.05, 0) is 25.0 Å². The Labute approximate surface area is 243 Å². The standard InChI is InChI=1S/C25H22Cl4N4O4S/c1-35-21-8-15(27)10-30-24(21)36-11-22(34)33-4-2-13(3-5-33)25-31-19(12-38-25)18-9-20(37-32-18)23-16(28)6-14(26)7-17(23)29/h6-8,10,12-13,20H,2-5,9,11H2,1H3. The highest BCUT2D eigenvalue weighted by atomic mass is 35.5. The number of nitrogens with zero attached hydrogens (tertiary/aromatic N) is 4. The van der Waals surface area contributed by atoms with Gasteiger partial charge in [-0.25, -0.2) is 9.97 Å². The predicted molar refractivity (Wildman–Crippen MR) is 148 cm³/mol. The summed E-state index contributed by atoms with van der Waals surface area (Å²) in [6.45, 7) is 1.11. The van der Waals surface area contributed by atoms with Crippen molar-refractivity contribution in [3.8, 4) is 11.6 Å². The number of aromatic nitrogens is 2. The molecule has 0 aliphatic carbocycles. The van der Waals surface area contributed by atoms with Crippen molar-refractivity contribution in [2.24, 2.45) is 5.16 Å². The zero-order valence-corrected chi connectivity index (χ0v) is 24.0. The van der Waals surface area contributed by atoms with Crippen molar-refractivity contribution >= 4 is 69.4 Å². The fraction of sp³-hybridized carbons (Fsp3) is 0.360. The van der Waals surface area contributed by atoms with E-state index in [4.69, 9.17) is 65.7 Å². The van der Waals surface area contributed by atoms with E-state index in [0.717, 1.165) is 29.3 Å². The first-order valence-electron chi connectivity index (χ1n) is 11.8. The van der Waals surface area contributed by atoms with Gasteiger partial charge in [0.2, 0.25) is 0 Å². The second-order valence-electron chi connectivity index (χ2n) is 8.79. The minimum atomic E-state index is -0.396. The predicted octanol–water partition coefficient (Wildman–Crippen LogP) is 6.81. The maximum atomic E-state index is 12.7. The summed E-state index contributed by atoms with van der Waals surface area (Å²) in [7, 11) is 1.49. The maximum absolute atomic E-state index is 12.7. The molecule has 0 saturated carbocycles. The smallest absolute Gasteiger partial charge is 0.260 e. The molecule has 0 bridgehead atoms. The topological polar surface area (TPSA) is 86.1 Å². The number of rotatable bonds is 7. The Morgan fingerprint density at radius 3 is 2.58 bits per heavy atom. The van der Waals surface area contributed by atoms with Gasteiger partial charge in [-0.2, -0.15) is 0 Å². The number of amides is 1. The number of methoxy groups -OCH3 is 1. The van der Waals surface area contributed by atoms with Crippen molar-refractivity contribution in [3.63, 3.8) is 0 Å². The molecule has 0 spiro atoms. The number of carbonyl (C=O) groups is 1. The molecule has 1 unspecified atom stereocenters. The normalized spacial score (nSPS) is 17.8. The Balaban J connectivity index is 1.14. The van der Waals surface area contributed by atoms with Gasteiger partial charge in [0, 0.05) is 53.7 Å². The number of thiazole rings is 1. The first kappa shape index (κ1) is 27.3. The lowest BCUT2D eigenvalue weighted by atomic mass is 9.97. The van der Waals surface area contributed by atoms with Crippen molar-refractivity contribution < 1.29 is 19.1 Å². The average Bonchev–Trinajstić information content (AvgIpc) is 3.57. The molecule has 2 aliphatic rings. The SMILES string of the molecule is COc1cc(Cl)cnc1OCC(=O)N1CCC(c2nc(C3=NOC(c4c(Cl)cc(Cl)cc4Cl)C3)cs2)CC1. The largest absolute Gasteiger partial charge is 0.491 e. The van der Waals surface area contributed by atoms with Crippen LogP contribution in [-0.2, 0) is 9.63 Å². The Morgan fingerprint density at radius 2 is 1.87 bits per heavy atom. The van der Waals surface area contributed by atoms with Crippen molar-refractivity contribution in [1.29, 1.82) is 0 Å². The van der Waals surface area contributed by atoms with Crippen LogP contribution in [0.3, 0.4) is 0 Å². The van der Waals surface area contributed by atoms with Gasteiger partial charge >= 0.3 is 0 Å². The first-order chi connectivity index (χ1) is 18.3. The number of hydrogen-bond acceptors (Lipinski definition) is 8. The minimum Gasteiger partial charge on any atom is -0.491 e. The number of benzene rings is 1. The Hall–Kier alpha value is -2.30. The Bertz CT molecular complexity index is 1350. The van der Waals surface area contributed by atoms with Gasteiger partial charge in [0.1, 0.15) is 5.71 Å². The van der Waals surface area contributed by atoms with Crippen LogP contribution in [0, 0.1) is 0 Å². The molecule has 2 aromatic heterocycles. The third-order valence-electron chi connectivity index (χ3n) is 6.39. The van der Waals surface area contributed by atoms with Crippen LogP contribution in [0.5, 0.6) is 11.6 Å². The van der Waals surface area contributed by atoms with Crippen molar-refractivity contribution in [1.82, 2.24) is 14.9 Å². The average molecular weight is 616 g/mol. The van der Waals surface area contributed by atoms with E-state index in [1.54, 1.807) is 34.4 Å². The summed E-state index contributed by atoms with van der Waals surface area (Å²) in [6.07, 6.45) is 3.17. The van der Waals surface area contributed by atoms with E-state index in [1.165, 1.54) is 13.3 Å². The van der Waals surface area contributed by atoms with Crippen LogP contribution < -0.4 is 9.47 Å². The van der Waals surface area contributed by atoms with Gasteiger partial charge in [0.05, 0.1) is 32.9 Å². The van der Waals surface area contributed by atoms with Gasteiger partial charge in [-0.3, -0.25) is 4.79 Å². The molecule has 1 fully saturated rings. The lowest BCUT2D eigenvalue weighted by Crippen LogP contribution is -2.40. The highest BCUT2D eigenvalue weighted by Crippen LogP contribution is 2.40. The molecular formula is C25H22Cl4N4O4S. The number of halogens is 4. The number of ether oxygens (including phenoxy) is 2. The van der Waals surface area contributed by atoms with E-state index >= 15 is 0 Å². The molecule has 1 amide bonds. The van der Waals surface area contributed by atoms with E-state index in [-0.39, 0.29) is 24.3 Å². The zero-order valence-electron chi connectivity index (χ0n) is 20.1. The van der Waals surface area contributed by atoms with Gasteiger partial charge in [-0.15, -0.1) is 11.3 Å². The summed E-state index contributed by atoms with van der Waals surface area (Å²) in [5, 5.41) is 9.03. The summed E-state index contributed by atoms with van der Waals surface area (Å²) >= 11 is 26.3. The van der Waals surface area contributed by atoms with E-state index in [0.29, 0.717) is 50.9 Å². The third kappa shape index (κ3) is 5.97. The van der Waals surface area contributed by atoms with E-state index in [1.807, 2.05) is 5.38 Å². The van der Waals surface area contributed by atoms with Crippen LogP contribution in [0.4, 0.5) is 0 Å². The van der Waals surface area contributed by atoms with Crippen molar-refractivity contribution in [3.05, 3.63) is 66.1 Å². The fourth-order valence-electron chi connectivity index (χ4n) is 4.41. The maximum Gasteiger partial charge on any atom is 0.260 e. The molecule has 4 heterocycles. The lowest BCUT2D eigenvalue weighted by Gasteiger charge is -2.31. The lowest BCUT2D eigenvalue weighted by molar-refractivity contribution is -0.134. The van der Waals surface area contributed by atoms with E-state index < -0.39 is 6.10 Å². The van der Waals surface area contributed by atoms with Crippen molar-refractivity contribution in [2.75, 3.05) is 26.8 Å². The number of piperidine rings is 1. The van der Waals surface area contributed by atoms with Gasteiger partial charge in [0.25, 0.3) is 11.8 Å². The van der Waals surface area contributed by atoms with Crippen LogP contribution >= 0.6 is 57.7 Å². The number of carbonyl (C=O) groups excluding carboxylic acids is 1. The van der Waals surface area contributed by atoms with Crippen LogP contribution in [0.25, 0.3) is 0 Å². The van der Waals surface area contributed by atoms with Gasteiger partial charge in [0.15, 0.2) is 18.5 Å². The summed E-state index contributed by atoms with van der Waals surface area (Å²) in [4.78, 5) is 29.1. The minimum absolute atomic E-state index is 0.106.